The van der Waals surface area contributed by atoms with Gasteiger partial charge in [-0.2, -0.15) is 0 Å². The largest absolute Gasteiger partial charge is 0.439 e. The Morgan fingerprint density at radius 2 is 1.68 bits per heavy atom. The highest BCUT2D eigenvalue weighted by Gasteiger charge is 2.43. The van der Waals surface area contributed by atoms with Crippen LogP contribution in [0.15, 0.2) is 59.2 Å². The van der Waals surface area contributed by atoms with Gasteiger partial charge in [0.05, 0.1) is 10.6 Å². The first-order chi connectivity index (χ1) is 17.7. The normalized spacial score (nSPS) is 16.8. The van der Waals surface area contributed by atoms with E-state index in [1.165, 1.54) is 12.3 Å². The molecule has 0 bridgehead atoms. The Labute approximate surface area is 228 Å². The summed E-state index contributed by atoms with van der Waals surface area (Å²) in [6.07, 6.45) is 4.05. The first kappa shape index (κ1) is 25.7. The van der Waals surface area contributed by atoms with Crippen molar-refractivity contribution < 1.29 is 18.7 Å². The Hall–Kier alpha value is -2.97. The van der Waals surface area contributed by atoms with Crippen molar-refractivity contribution >= 4 is 39.3 Å². The zero-order valence-electron chi connectivity index (χ0n) is 20.3. The average Bonchev–Trinajstić information content (AvgIpc) is 3.31. The maximum atomic E-state index is 14.1. The summed E-state index contributed by atoms with van der Waals surface area (Å²) in [6.45, 7) is 4.21. The molecule has 0 unspecified atom stereocenters. The minimum Gasteiger partial charge on any atom is -0.439 e. The molecule has 2 saturated heterocycles. The molecule has 0 aliphatic carbocycles. The lowest BCUT2D eigenvalue weighted by atomic mass is 9.77. The molecule has 5 rings (SSSR count). The number of halogens is 3. The first-order valence-corrected chi connectivity index (χ1v) is 13.3. The summed E-state index contributed by atoms with van der Waals surface area (Å²) in [5.74, 6) is 0.454. The number of hydrogen-bond acceptors (Lipinski definition) is 4. The van der Waals surface area contributed by atoms with E-state index >= 15 is 0 Å². The molecule has 0 saturated carbocycles. The van der Waals surface area contributed by atoms with Gasteiger partial charge < -0.3 is 14.5 Å². The second-order valence-electron chi connectivity index (χ2n) is 9.79. The fraction of sp³-hybridized carbons (Fsp3) is 0.321. The number of ether oxygens (including phenoxy) is 1. The number of likely N-dealkylation sites (tertiary alicyclic amines) is 2. The molecule has 0 atom stereocenters. The zero-order chi connectivity index (χ0) is 26.2. The van der Waals surface area contributed by atoms with Crippen molar-refractivity contribution in [3.63, 3.8) is 0 Å². The van der Waals surface area contributed by atoms with Gasteiger partial charge in [0.15, 0.2) is 0 Å². The summed E-state index contributed by atoms with van der Waals surface area (Å²) >= 11 is 9.26. The predicted molar refractivity (Wildman–Crippen MR) is 143 cm³/mol. The number of aryl methyl sites for hydroxylation is 1. The highest BCUT2D eigenvalue weighted by Crippen LogP contribution is 2.41. The van der Waals surface area contributed by atoms with Crippen LogP contribution in [-0.4, -0.2) is 52.8 Å². The molecule has 0 radical (unpaired) electrons. The lowest BCUT2D eigenvalue weighted by Gasteiger charge is -2.39. The summed E-state index contributed by atoms with van der Waals surface area (Å²) in [4.78, 5) is 34.0. The zero-order valence-corrected chi connectivity index (χ0v) is 22.7. The van der Waals surface area contributed by atoms with Crippen LogP contribution in [0.2, 0.25) is 5.02 Å². The topological polar surface area (TPSA) is 62.7 Å². The molecule has 3 aromatic rings. The SMILES string of the molecule is Cc1cc(Br)c(C(=O)N2CCC3(CCN(C(=O)c4ccc(Oc5ccc(Cl)cn5)cc4)C3)CC2)cc1F. The van der Waals surface area contributed by atoms with E-state index in [2.05, 4.69) is 20.9 Å². The van der Waals surface area contributed by atoms with E-state index in [0.29, 0.717) is 64.0 Å². The van der Waals surface area contributed by atoms with E-state index in [-0.39, 0.29) is 23.0 Å². The van der Waals surface area contributed by atoms with Crippen LogP contribution in [0.25, 0.3) is 0 Å². The Bertz CT molecular complexity index is 1330. The van der Waals surface area contributed by atoms with E-state index in [9.17, 15) is 14.0 Å². The number of benzene rings is 2. The van der Waals surface area contributed by atoms with Crippen molar-refractivity contribution in [3.05, 3.63) is 86.7 Å². The molecule has 2 fully saturated rings. The van der Waals surface area contributed by atoms with Gasteiger partial charge >= 0.3 is 0 Å². The Morgan fingerprint density at radius 1 is 1.00 bits per heavy atom. The molecule has 6 nitrogen and oxygen atoms in total. The van der Waals surface area contributed by atoms with Gasteiger partial charge in [0, 0.05) is 48.5 Å². The number of nitrogens with zero attached hydrogens (tertiary/aromatic N) is 3. The summed E-state index contributed by atoms with van der Waals surface area (Å²) in [5, 5.41) is 0.531. The molecule has 2 amide bonds. The smallest absolute Gasteiger partial charge is 0.255 e. The van der Waals surface area contributed by atoms with Crippen LogP contribution >= 0.6 is 27.5 Å². The molecule has 9 heteroatoms. The second-order valence-corrected chi connectivity index (χ2v) is 11.1. The summed E-state index contributed by atoms with van der Waals surface area (Å²) in [6, 6.07) is 13.4. The Balaban J connectivity index is 1.18. The highest BCUT2D eigenvalue weighted by molar-refractivity contribution is 9.10. The molecule has 2 aromatic carbocycles. The number of hydrogen-bond donors (Lipinski definition) is 0. The van der Waals surface area contributed by atoms with E-state index in [4.69, 9.17) is 16.3 Å². The van der Waals surface area contributed by atoms with E-state index in [0.717, 1.165) is 19.3 Å². The van der Waals surface area contributed by atoms with Crippen molar-refractivity contribution in [3.8, 4) is 11.6 Å². The maximum absolute atomic E-state index is 14.1. The highest BCUT2D eigenvalue weighted by atomic mass is 79.9. The van der Waals surface area contributed by atoms with Gasteiger partial charge in [-0.3, -0.25) is 9.59 Å². The molecule has 1 spiro atoms. The maximum Gasteiger partial charge on any atom is 0.255 e. The van der Waals surface area contributed by atoms with Gasteiger partial charge in [0.1, 0.15) is 11.6 Å². The Kier molecular flexibility index (Phi) is 7.23. The summed E-state index contributed by atoms with van der Waals surface area (Å²) in [5.41, 5.74) is 1.46. The van der Waals surface area contributed by atoms with Crippen LogP contribution < -0.4 is 4.74 Å². The number of aromatic nitrogens is 1. The van der Waals surface area contributed by atoms with Crippen LogP contribution in [0.5, 0.6) is 11.6 Å². The number of carbonyl (C=O) groups is 2. The lowest BCUT2D eigenvalue weighted by molar-refractivity contribution is 0.0564. The van der Waals surface area contributed by atoms with Crippen LogP contribution in [0, 0.1) is 18.2 Å². The summed E-state index contributed by atoms with van der Waals surface area (Å²) in [7, 11) is 0. The quantitative estimate of drug-likeness (QED) is 0.350. The van der Waals surface area contributed by atoms with E-state index in [1.807, 2.05) is 4.90 Å². The molecule has 1 aromatic heterocycles. The van der Waals surface area contributed by atoms with Gasteiger partial charge in [0.25, 0.3) is 11.8 Å². The third-order valence-corrected chi connectivity index (χ3v) is 8.22. The molecular weight excluding hydrogens is 561 g/mol. The minimum atomic E-state index is -0.383. The van der Waals surface area contributed by atoms with Crippen molar-refractivity contribution in [2.75, 3.05) is 26.2 Å². The van der Waals surface area contributed by atoms with Crippen molar-refractivity contribution in [2.45, 2.75) is 26.2 Å². The molecule has 2 aliphatic heterocycles. The fourth-order valence-corrected chi connectivity index (χ4v) is 5.81. The van der Waals surface area contributed by atoms with Gasteiger partial charge in [-0.1, -0.05) is 11.6 Å². The standard InChI is InChI=1S/C28H26BrClFN3O3/c1-18-14-23(29)22(15-24(18)31)27(36)33-11-8-28(9-12-33)10-13-34(17-28)26(35)19-2-5-21(6-3-19)37-25-7-4-20(30)16-32-25/h2-7,14-16H,8-13,17H2,1H3. The number of piperidine rings is 1. The van der Waals surface area contributed by atoms with Crippen molar-refractivity contribution in [1.82, 2.24) is 14.8 Å². The Morgan fingerprint density at radius 3 is 2.32 bits per heavy atom. The third-order valence-electron chi connectivity index (χ3n) is 7.34. The lowest BCUT2D eigenvalue weighted by Crippen LogP contribution is -2.44. The van der Waals surface area contributed by atoms with E-state index < -0.39 is 0 Å². The predicted octanol–water partition coefficient (Wildman–Crippen LogP) is 6.51. The number of pyridine rings is 1. The van der Waals surface area contributed by atoms with Gasteiger partial charge in [-0.05, 0) is 95.6 Å². The van der Waals surface area contributed by atoms with Crippen molar-refractivity contribution in [2.24, 2.45) is 5.41 Å². The monoisotopic (exact) mass is 585 g/mol. The van der Waals surface area contributed by atoms with Crippen LogP contribution in [-0.2, 0) is 0 Å². The second kappa shape index (κ2) is 10.4. The molecule has 0 N–H and O–H groups in total. The fourth-order valence-electron chi connectivity index (χ4n) is 5.07. The number of carbonyl (C=O) groups excluding carboxylic acids is 2. The van der Waals surface area contributed by atoms with Crippen LogP contribution in [0.1, 0.15) is 45.5 Å². The molecule has 37 heavy (non-hydrogen) atoms. The van der Waals surface area contributed by atoms with Gasteiger partial charge in [-0.15, -0.1) is 0 Å². The molecule has 192 valence electrons. The molecular formula is C28H26BrClFN3O3. The van der Waals surface area contributed by atoms with Crippen LogP contribution in [0.3, 0.4) is 0 Å². The van der Waals surface area contributed by atoms with E-state index in [1.54, 1.807) is 54.3 Å². The third kappa shape index (κ3) is 5.50. The van der Waals surface area contributed by atoms with Gasteiger partial charge in [0.2, 0.25) is 5.88 Å². The summed E-state index contributed by atoms with van der Waals surface area (Å²) < 4.78 is 20.4. The minimum absolute atomic E-state index is 0.00546. The first-order valence-electron chi connectivity index (χ1n) is 12.2. The van der Waals surface area contributed by atoms with Crippen LogP contribution in [0.4, 0.5) is 4.39 Å². The molecule has 2 aliphatic rings. The number of amides is 2. The molecule has 3 heterocycles. The van der Waals surface area contributed by atoms with Crippen molar-refractivity contribution in [1.29, 1.82) is 0 Å². The average molecular weight is 587 g/mol. The van der Waals surface area contributed by atoms with Gasteiger partial charge in [-0.25, -0.2) is 9.37 Å². The number of rotatable bonds is 4.